The van der Waals surface area contributed by atoms with Gasteiger partial charge in [-0.05, 0) is 41.8 Å². The standard InChI is InChI=1S/C26H26F2N2O4/c27-25(28)18-34-30-24(21-4-2-1-3-5-21)17-33-23-13-8-20(9-14-23)16-29-22-11-6-19(7-12-22)10-15-26(31)32/h1-9,11-14,25,29H,10,15-18H2,(H,31,32). The van der Waals surface area contributed by atoms with Gasteiger partial charge in [-0.25, -0.2) is 8.78 Å². The highest BCUT2D eigenvalue weighted by molar-refractivity contribution is 6.01. The van der Waals surface area contributed by atoms with Crippen LogP contribution in [0.5, 0.6) is 5.75 Å². The van der Waals surface area contributed by atoms with Gasteiger partial charge in [0.15, 0.2) is 6.61 Å². The molecule has 0 aliphatic rings. The summed E-state index contributed by atoms with van der Waals surface area (Å²) in [5, 5.41) is 15.9. The van der Waals surface area contributed by atoms with Crippen LogP contribution in [0.3, 0.4) is 0 Å². The van der Waals surface area contributed by atoms with Crippen LogP contribution in [-0.4, -0.2) is 36.4 Å². The first-order valence-corrected chi connectivity index (χ1v) is 10.8. The van der Waals surface area contributed by atoms with E-state index in [1.54, 1.807) is 12.1 Å². The molecular weight excluding hydrogens is 442 g/mol. The van der Waals surface area contributed by atoms with E-state index in [4.69, 9.17) is 14.7 Å². The van der Waals surface area contributed by atoms with E-state index in [9.17, 15) is 13.6 Å². The van der Waals surface area contributed by atoms with Crippen LogP contribution in [0, 0.1) is 0 Å². The van der Waals surface area contributed by atoms with Crippen LogP contribution in [0.25, 0.3) is 0 Å². The van der Waals surface area contributed by atoms with Crippen LogP contribution in [-0.2, 0) is 22.6 Å². The van der Waals surface area contributed by atoms with Gasteiger partial charge in [-0.3, -0.25) is 4.79 Å². The second-order valence-corrected chi connectivity index (χ2v) is 7.47. The Balaban J connectivity index is 1.51. The molecule has 0 atom stereocenters. The van der Waals surface area contributed by atoms with Gasteiger partial charge in [-0.15, -0.1) is 0 Å². The van der Waals surface area contributed by atoms with Crippen LogP contribution >= 0.6 is 0 Å². The maximum absolute atomic E-state index is 12.4. The van der Waals surface area contributed by atoms with Crippen molar-refractivity contribution in [3.05, 3.63) is 95.6 Å². The molecule has 0 radical (unpaired) electrons. The van der Waals surface area contributed by atoms with Crippen LogP contribution in [0.15, 0.2) is 84.0 Å². The van der Waals surface area contributed by atoms with Crippen molar-refractivity contribution in [1.82, 2.24) is 0 Å². The lowest BCUT2D eigenvalue weighted by molar-refractivity contribution is -0.136. The predicted molar refractivity (Wildman–Crippen MR) is 127 cm³/mol. The fourth-order valence-electron chi connectivity index (χ4n) is 3.06. The number of alkyl halides is 2. The molecule has 0 aliphatic heterocycles. The first-order chi connectivity index (χ1) is 16.5. The molecule has 6 nitrogen and oxygen atoms in total. The van der Waals surface area contributed by atoms with E-state index in [-0.39, 0.29) is 13.0 Å². The fourth-order valence-corrected chi connectivity index (χ4v) is 3.06. The number of nitrogens with zero attached hydrogens (tertiary/aromatic N) is 1. The van der Waals surface area contributed by atoms with E-state index >= 15 is 0 Å². The van der Waals surface area contributed by atoms with Gasteiger partial charge in [-0.2, -0.15) is 0 Å². The van der Waals surface area contributed by atoms with Crippen molar-refractivity contribution < 1.29 is 28.3 Å². The number of halogens is 2. The Morgan fingerprint density at radius 1 is 0.941 bits per heavy atom. The number of anilines is 1. The molecule has 3 aromatic rings. The van der Waals surface area contributed by atoms with Crippen molar-refractivity contribution in [2.45, 2.75) is 25.8 Å². The Labute approximate surface area is 196 Å². The molecule has 0 saturated heterocycles. The summed E-state index contributed by atoms with van der Waals surface area (Å²) >= 11 is 0. The smallest absolute Gasteiger partial charge is 0.303 e. The molecule has 8 heteroatoms. The summed E-state index contributed by atoms with van der Waals surface area (Å²) in [6.07, 6.45) is -1.98. The van der Waals surface area contributed by atoms with E-state index in [0.717, 1.165) is 22.4 Å². The number of aryl methyl sites for hydroxylation is 1. The molecule has 0 spiro atoms. The van der Waals surface area contributed by atoms with Gasteiger partial charge in [0.2, 0.25) is 0 Å². The molecule has 0 heterocycles. The van der Waals surface area contributed by atoms with Crippen molar-refractivity contribution in [2.75, 3.05) is 18.5 Å². The Bertz CT molecular complexity index is 1060. The zero-order valence-electron chi connectivity index (χ0n) is 18.5. The minimum Gasteiger partial charge on any atom is -0.487 e. The van der Waals surface area contributed by atoms with Crippen molar-refractivity contribution >= 4 is 17.4 Å². The van der Waals surface area contributed by atoms with Gasteiger partial charge in [0.05, 0.1) is 0 Å². The zero-order chi connectivity index (χ0) is 24.2. The molecule has 3 aromatic carbocycles. The number of hydrogen-bond donors (Lipinski definition) is 2. The summed E-state index contributed by atoms with van der Waals surface area (Å²) in [6.45, 7) is -0.102. The van der Waals surface area contributed by atoms with E-state index < -0.39 is 19.0 Å². The van der Waals surface area contributed by atoms with Gasteiger partial charge in [0, 0.05) is 24.2 Å². The Morgan fingerprint density at radius 2 is 1.62 bits per heavy atom. The lowest BCUT2D eigenvalue weighted by Gasteiger charge is -2.11. The molecule has 0 amide bonds. The van der Waals surface area contributed by atoms with E-state index in [2.05, 4.69) is 10.5 Å². The molecule has 0 unspecified atom stereocenters. The SMILES string of the molecule is O=C(O)CCc1ccc(NCc2ccc(OCC(=NOCC(F)F)c3ccccc3)cc2)cc1. The molecule has 0 fully saturated rings. The molecule has 0 bridgehead atoms. The van der Waals surface area contributed by atoms with Crippen molar-refractivity contribution in [1.29, 1.82) is 0 Å². The Kier molecular flexibility index (Phi) is 9.40. The lowest BCUT2D eigenvalue weighted by atomic mass is 10.1. The number of hydrogen-bond acceptors (Lipinski definition) is 5. The maximum atomic E-state index is 12.4. The summed E-state index contributed by atoms with van der Waals surface area (Å²) in [4.78, 5) is 15.4. The van der Waals surface area contributed by atoms with Gasteiger partial charge in [-0.1, -0.05) is 59.8 Å². The number of carboxylic acids is 1. The molecule has 178 valence electrons. The van der Waals surface area contributed by atoms with Gasteiger partial charge in [0.25, 0.3) is 6.43 Å². The van der Waals surface area contributed by atoms with Gasteiger partial charge < -0.3 is 20.0 Å². The molecule has 0 aliphatic carbocycles. The Morgan fingerprint density at radius 3 is 2.26 bits per heavy atom. The highest BCUT2D eigenvalue weighted by Crippen LogP contribution is 2.16. The fraction of sp³-hybridized carbons (Fsp3) is 0.231. The number of carbonyl (C=O) groups is 1. The quantitative estimate of drug-likeness (QED) is 0.260. The minimum atomic E-state index is -2.60. The lowest BCUT2D eigenvalue weighted by Crippen LogP contribution is -2.14. The summed E-state index contributed by atoms with van der Waals surface area (Å²) in [6, 6.07) is 24.3. The third kappa shape index (κ3) is 8.54. The monoisotopic (exact) mass is 468 g/mol. The third-order valence-electron chi connectivity index (χ3n) is 4.86. The van der Waals surface area contributed by atoms with Gasteiger partial charge in [0.1, 0.15) is 18.1 Å². The number of benzene rings is 3. The number of carboxylic acid groups (broad SMARTS) is 1. The second kappa shape index (κ2) is 12.9. The normalized spacial score (nSPS) is 11.3. The predicted octanol–water partition coefficient (Wildman–Crippen LogP) is 5.38. The van der Waals surface area contributed by atoms with E-state index in [1.165, 1.54) is 0 Å². The molecular formula is C26H26F2N2O4. The topological polar surface area (TPSA) is 80.2 Å². The first-order valence-electron chi connectivity index (χ1n) is 10.8. The van der Waals surface area contributed by atoms with Crippen molar-refractivity contribution in [3.8, 4) is 5.75 Å². The van der Waals surface area contributed by atoms with Crippen LogP contribution < -0.4 is 10.1 Å². The molecule has 3 rings (SSSR count). The summed E-state index contributed by atoms with van der Waals surface area (Å²) in [5.41, 5.74) is 4.10. The number of ether oxygens (including phenoxy) is 1. The average Bonchev–Trinajstić information content (AvgIpc) is 2.85. The van der Waals surface area contributed by atoms with Gasteiger partial charge >= 0.3 is 5.97 Å². The molecule has 34 heavy (non-hydrogen) atoms. The summed E-state index contributed by atoms with van der Waals surface area (Å²) in [7, 11) is 0. The largest absolute Gasteiger partial charge is 0.487 e. The Hall–Kier alpha value is -3.94. The summed E-state index contributed by atoms with van der Waals surface area (Å²) < 4.78 is 30.5. The molecule has 0 saturated carbocycles. The second-order valence-electron chi connectivity index (χ2n) is 7.47. The van der Waals surface area contributed by atoms with Crippen molar-refractivity contribution in [3.63, 3.8) is 0 Å². The number of aliphatic carboxylic acids is 1. The highest BCUT2D eigenvalue weighted by Gasteiger charge is 2.08. The molecule has 0 aromatic heterocycles. The zero-order valence-corrected chi connectivity index (χ0v) is 18.5. The highest BCUT2D eigenvalue weighted by atomic mass is 19.3. The van der Waals surface area contributed by atoms with Crippen LogP contribution in [0.4, 0.5) is 14.5 Å². The average molecular weight is 469 g/mol. The number of nitrogens with one attached hydrogen (secondary N) is 1. The molecule has 2 N–H and O–H groups in total. The van der Waals surface area contributed by atoms with Crippen LogP contribution in [0.2, 0.25) is 0 Å². The third-order valence-corrected chi connectivity index (χ3v) is 4.86. The first kappa shape index (κ1) is 24.7. The maximum Gasteiger partial charge on any atom is 0.303 e. The van der Waals surface area contributed by atoms with E-state index in [0.29, 0.717) is 24.4 Å². The van der Waals surface area contributed by atoms with Crippen molar-refractivity contribution in [2.24, 2.45) is 5.16 Å². The van der Waals surface area contributed by atoms with Crippen LogP contribution in [0.1, 0.15) is 23.1 Å². The minimum absolute atomic E-state index is 0.0685. The van der Waals surface area contributed by atoms with E-state index in [1.807, 2.05) is 66.7 Å². The summed E-state index contributed by atoms with van der Waals surface area (Å²) in [5.74, 6) is -0.192. The number of oxime groups is 1. The number of rotatable bonds is 13.